The molecule has 0 aromatic heterocycles. The third-order valence-electron chi connectivity index (χ3n) is 7.23. The van der Waals surface area contributed by atoms with Crippen LogP contribution in [-0.2, 0) is 20.7 Å². The van der Waals surface area contributed by atoms with Crippen molar-refractivity contribution in [1.29, 1.82) is 0 Å². The van der Waals surface area contributed by atoms with Crippen LogP contribution in [0, 0.1) is 0 Å². The van der Waals surface area contributed by atoms with Crippen LogP contribution >= 0.6 is 0 Å². The summed E-state index contributed by atoms with van der Waals surface area (Å²) in [6, 6.07) is 27.7. The van der Waals surface area contributed by atoms with E-state index in [9.17, 15) is 9.59 Å². The van der Waals surface area contributed by atoms with Crippen LogP contribution in [0.25, 0.3) is 0 Å². The van der Waals surface area contributed by atoms with E-state index in [4.69, 9.17) is 9.47 Å². The molecular formula is C32H31NO4. The second-order valence-electron chi connectivity index (χ2n) is 9.57. The largest absolute Gasteiger partial charge is 0.497 e. The number of carbonyl (C=O) groups is 2. The maximum absolute atomic E-state index is 13.7. The third kappa shape index (κ3) is 5.21. The van der Waals surface area contributed by atoms with E-state index >= 15 is 0 Å². The summed E-state index contributed by atoms with van der Waals surface area (Å²) >= 11 is 0. The van der Waals surface area contributed by atoms with E-state index in [0.717, 1.165) is 33.8 Å². The molecule has 0 spiro atoms. The molecule has 0 unspecified atom stereocenters. The lowest BCUT2D eigenvalue weighted by atomic mass is 9.72. The van der Waals surface area contributed by atoms with Crippen LogP contribution in [0.15, 0.2) is 107 Å². The first kappa shape index (κ1) is 24.6. The monoisotopic (exact) mass is 493 g/mol. The first-order valence-corrected chi connectivity index (χ1v) is 12.7. The van der Waals surface area contributed by atoms with Crippen molar-refractivity contribution in [3.05, 3.63) is 124 Å². The molecule has 1 aliphatic heterocycles. The minimum absolute atomic E-state index is 0.0607. The fourth-order valence-electron chi connectivity index (χ4n) is 5.38. The minimum atomic E-state index is -0.490. The second kappa shape index (κ2) is 10.9. The number of carbonyl (C=O) groups excluding carboxylic acids is 2. The summed E-state index contributed by atoms with van der Waals surface area (Å²) in [4.78, 5) is 27.2. The van der Waals surface area contributed by atoms with Crippen LogP contribution in [0.2, 0.25) is 0 Å². The van der Waals surface area contributed by atoms with Gasteiger partial charge in [-0.2, -0.15) is 0 Å². The van der Waals surface area contributed by atoms with Gasteiger partial charge in [-0.15, -0.1) is 0 Å². The topological polar surface area (TPSA) is 64.6 Å². The van der Waals surface area contributed by atoms with E-state index < -0.39 is 11.9 Å². The first-order chi connectivity index (χ1) is 18.0. The van der Waals surface area contributed by atoms with E-state index in [1.807, 2.05) is 79.7 Å². The van der Waals surface area contributed by atoms with Gasteiger partial charge in [0.15, 0.2) is 5.78 Å². The molecule has 5 nitrogen and oxygen atoms in total. The van der Waals surface area contributed by atoms with Gasteiger partial charge in [-0.25, -0.2) is 4.79 Å². The molecule has 5 heteroatoms. The molecule has 188 valence electrons. The van der Waals surface area contributed by atoms with Crippen LogP contribution in [0.5, 0.6) is 5.75 Å². The van der Waals surface area contributed by atoms with Crippen LogP contribution < -0.4 is 10.1 Å². The fraction of sp³-hybridized carbons (Fsp3) is 0.250. The number of hydrogen-bond donors (Lipinski definition) is 1. The SMILES string of the molecule is COc1ccc([C@@H]2C(C(=O)OCCc3ccccc3)=C(C)NC3=C2C(=O)C[C@@H](c2ccccc2)C3)cc1. The fourth-order valence-corrected chi connectivity index (χ4v) is 5.38. The number of allylic oxidation sites excluding steroid dienone is 3. The van der Waals surface area contributed by atoms with E-state index in [2.05, 4.69) is 17.4 Å². The van der Waals surface area contributed by atoms with Gasteiger partial charge in [0.1, 0.15) is 5.75 Å². The Morgan fingerprint density at radius 3 is 2.24 bits per heavy atom. The molecule has 37 heavy (non-hydrogen) atoms. The summed E-state index contributed by atoms with van der Waals surface area (Å²) in [6.07, 6.45) is 1.75. The number of nitrogens with one attached hydrogen (secondary N) is 1. The molecule has 1 aliphatic carbocycles. The molecule has 0 amide bonds. The van der Waals surface area contributed by atoms with Gasteiger partial charge in [0.2, 0.25) is 0 Å². The molecular weight excluding hydrogens is 462 g/mol. The molecule has 0 fully saturated rings. The van der Waals surface area contributed by atoms with Gasteiger partial charge in [0.25, 0.3) is 0 Å². The molecule has 5 rings (SSSR count). The number of benzene rings is 3. The van der Waals surface area contributed by atoms with Crippen LogP contribution in [-0.4, -0.2) is 25.5 Å². The second-order valence-corrected chi connectivity index (χ2v) is 9.57. The first-order valence-electron chi connectivity index (χ1n) is 12.7. The van der Waals surface area contributed by atoms with Crippen molar-refractivity contribution in [2.75, 3.05) is 13.7 Å². The molecule has 3 aromatic carbocycles. The maximum Gasteiger partial charge on any atom is 0.336 e. The van der Waals surface area contributed by atoms with E-state index in [1.165, 1.54) is 0 Å². The normalized spacial score (nSPS) is 19.2. The summed E-state index contributed by atoms with van der Waals surface area (Å²) in [5.74, 6) is -0.00489. The Kier molecular flexibility index (Phi) is 7.22. The highest BCUT2D eigenvalue weighted by Gasteiger charge is 2.41. The van der Waals surface area contributed by atoms with Gasteiger partial charge in [0, 0.05) is 35.7 Å². The zero-order valence-corrected chi connectivity index (χ0v) is 21.2. The highest BCUT2D eigenvalue weighted by atomic mass is 16.5. The highest BCUT2D eigenvalue weighted by molar-refractivity contribution is 6.04. The zero-order chi connectivity index (χ0) is 25.8. The molecule has 0 saturated carbocycles. The number of esters is 1. The van der Waals surface area contributed by atoms with Gasteiger partial charge < -0.3 is 14.8 Å². The number of ketones is 1. The molecule has 1 N–H and O–H groups in total. The summed E-state index contributed by atoms with van der Waals surface area (Å²) in [5, 5.41) is 3.42. The summed E-state index contributed by atoms with van der Waals surface area (Å²) in [7, 11) is 1.62. The predicted molar refractivity (Wildman–Crippen MR) is 143 cm³/mol. The van der Waals surface area contributed by atoms with E-state index in [0.29, 0.717) is 30.4 Å². The van der Waals surface area contributed by atoms with E-state index in [1.54, 1.807) is 7.11 Å². The molecule has 1 heterocycles. The zero-order valence-electron chi connectivity index (χ0n) is 21.2. The Bertz CT molecular complexity index is 1340. The van der Waals surface area contributed by atoms with Gasteiger partial charge in [0.05, 0.1) is 19.3 Å². The lowest BCUT2D eigenvalue weighted by Gasteiger charge is -2.36. The Hall–Kier alpha value is -4.12. The van der Waals surface area contributed by atoms with Gasteiger partial charge in [-0.3, -0.25) is 4.79 Å². The standard InChI is InChI=1S/C32H31NO4/c1-21-29(32(35)37-18-17-22-9-5-3-6-10-22)30(24-13-15-26(36-2)16-14-24)31-27(33-21)19-25(20-28(31)34)23-11-7-4-8-12-23/h3-16,25,30,33H,17-20H2,1-2H3/t25-,30+/m0/s1. The molecule has 2 atom stereocenters. The Labute approximate surface area is 217 Å². The summed E-state index contributed by atoms with van der Waals surface area (Å²) in [6.45, 7) is 2.16. The van der Waals surface area contributed by atoms with Crippen molar-refractivity contribution in [2.45, 2.75) is 38.0 Å². The molecule has 3 aromatic rings. The lowest BCUT2D eigenvalue weighted by Crippen LogP contribution is -2.36. The van der Waals surface area contributed by atoms with Crippen LogP contribution in [0.3, 0.4) is 0 Å². The lowest BCUT2D eigenvalue weighted by molar-refractivity contribution is -0.139. The van der Waals surface area contributed by atoms with Gasteiger partial charge in [-0.1, -0.05) is 72.8 Å². The number of hydrogen-bond acceptors (Lipinski definition) is 5. The maximum atomic E-state index is 13.7. The minimum Gasteiger partial charge on any atom is -0.497 e. The predicted octanol–water partition coefficient (Wildman–Crippen LogP) is 5.84. The smallest absolute Gasteiger partial charge is 0.336 e. The van der Waals surface area contributed by atoms with Gasteiger partial charge in [-0.05, 0) is 48.1 Å². The van der Waals surface area contributed by atoms with Crippen LogP contribution in [0.4, 0.5) is 0 Å². The van der Waals surface area contributed by atoms with Crippen molar-refractivity contribution in [3.8, 4) is 5.75 Å². The third-order valence-corrected chi connectivity index (χ3v) is 7.23. The summed E-state index contributed by atoms with van der Waals surface area (Å²) in [5.41, 5.74) is 5.90. The number of ether oxygens (including phenoxy) is 2. The van der Waals surface area contributed by atoms with Crippen molar-refractivity contribution >= 4 is 11.8 Å². The Morgan fingerprint density at radius 1 is 0.892 bits per heavy atom. The molecule has 0 radical (unpaired) electrons. The van der Waals surface area contributed by atoms with Crippen molar-refractivity contribution in [2.24, 2.45) is 0 Å². The highest BCUT2D eigenvalue weighted by Crippen LogP contribution is 2.45. The Balaban J connectivity index is 1.46. The number of rotatable bonds is 7. The molecule has 2 aliphatic rings. The van der Waals surface area contributed by atoms with E-state index in [-0.39, 0.29) is 18.3 Å². The quantitative estimate of drug-likeness (QED) is 0.419. The number of Topliss-reactive ketones (excluding diaryl/α,β-unsaturated/α-hetero) is 1. The molecule has 0 saturated heterocycles. The van der Waals surface area contributed by atoms with Crippen LogP contribution in [0.1, 0.15) is 48.3 Å². The summed E-state index contributed by atoms with van der Waals surface area (Å²) < 4.78 is 11.1. The van der Waals surface area contributed by atoms with Crippen molar-refractivity contribution in [1.82, 2.24) is 5.32 Å². The number of dihydropyridines is 1. The average molecular weight is 494 g/mol. The van der Waals surface area contributed by atoms with Gasteiger partial charge >= 0.3 is 5.97 Å². The molecule has 0 bridgehead atoms. The average Bonchev–Trinajstić information content (AvgIpc) is 2.93. The van der Waals surface area contributed by atoms with Crippen molar-refractivity contribution in [3.63, 3.8) is 0 Å². The number of methoxy groups -OCH3 is 1. The van der Waals surface area contributed by atoms with Crippen molar-refractivity contribution < 1.29 is 19.1 Å². The Morgan fingerprint density at radius 2 is 1.57 bits per heavy atom.